The Kier molecular flexibility index (Phi) is 8.34. The third-order valence-corrected chi connectivity index (χ3v) is 11.3. The molecule has 262 valence electrons. The maximum Gasteiger partial charge on any atom is 0.504 e. The van der Waals surface area contributed by atoms with Gasteiger partial charge in [0.1, 0.15) is 15.8 Å². The van der Waals surface area contributed by atoms with Crippen molar-refractivity contribution in [2.45, 2.75) is 44.0 Å². The summed E-state index contributed by atoms with van der Waals surface area (Å²) >= 11 is 0. The molecule has 0 fully saturated rings. The number of hydrogen-bond acceptors (Lipinski definition) is 6. The molecule has 1 aliphatic rings. The van der Waals surface area contributed by atoms with Crippen LogP contribution in [0.5, 0.6) is 0 Å². The van der Waals surface area contributed by atoms with Crippen LogP contribution in [0.3, 0.4) is 0 Å². The predicted molar refractivity (Wildman–Crippen MR) is 172 cm³/mol. The van der Waals surface area contributed by atoms with Crippen molar-refractivity contribution in [3.63, 3.8) is 0 Å². The number of allylic oxidation sites excluding steroid dienone is 3. The standard InChI is InChI=1S/C33H27F6N5O5S/c1-19-14-21(26-24(20-6-4-3-5-7-20)18-42(12-13-45)30(47)27(26)32(34,35)36)8-10-31(19,2)50(48,49)44-25(15-22-9-11-40-29(46)28(22)44)23-16-41-43(17-23)33(37,38)39/h3-9,11,14-18,45H,10,12-13H2,1-2H3,(H,40,46). The maximum atomic E-state index is 14.7. The van der Waals surface area contributed by atoms with Crippen molar-refractivity contribution in [2.75, 3.05) is 6.61 Å². The van der Waals surface area contributed by atoms with E-state index in [0.29, 0.717) is 15.7 Å². The summed E-state index contributed by atoms with van der Waals surface area (Å²) in [5, 5.41) is 12.9. The Morgan fingerprint density at radius 3 is 2.32 bits per heavy atom. The predicted octanol–water partition coefficient (Wildman–Crippen LogP) is 5.88. The number of hydrogen-bond donors (Lipinski definition) is 2. The van der Waals surface area contributed by atoms with Crippen LogP contribution in [0.25, 0.3) is 38.9 Å². The van der Waals surface area contributed by atoms with Crippen LogP contribution in [0.4, 0.5) is 26.3 Å². The molecule has 10 nitrogen and oxygen atoms in total. The first-order chi connectivity index (χ1) is 23.4. The van der Waals surface area contributed by atoms with Crippen molar-refractivity contribution in [3.8, 4) is 22.4 Å². The highest BCUT2D eigenvalue weighted by molar-refractivity contribution is 7.91. The molecular formula is C33H27F6N5O5S. The van der Waals surface area contributed by atoms with Gasteiger partial charge in [-0.3, -0.25) is 9.59 Å². The topological polar surface area (TPSA) is 132 Å². The summed E-state index contributed by atoms with van der Waals surface area (Å²) in [5.74, 6) is 0. The monoisotopic (exact) mass is 719 g/mol. The minimum atomic E-state index is -5.16. The smallest absolute Gasteiger partial charge is 0.395 e. The molecule has 0 bridgehead atoms. The highest BCUT2D eigenvalue weighted by Crippen LogP contribution is 2.45. The Morgan fingerprint density at radius 1 is 1.02 bits per heavy atom. The third kappa shape index (κ3) is 5.59. The molecule has 4 aromatic heterocycles. The van der Waals surface area contributed by atoms with Gasteiger partial charge in [-0.1, -0.05) is 42.5 Å². The second-order valence-corrected chi connectivity index (χ2v) is 14.1. The zero-order chi connectivity index (χ0) is 36.4. The number of fused-ring (bicyclic) bond motifs is 1. The van der Waals surface area contributed by atoms with Gasteiger partial charge in [0.15, 0.2) is 0 Å². The molecule has 0 radical (unpaired) electrons. The minimum Gasteiger partial charge on any atom is -0.395 e. The number of benzene rings is 1. The molecule has 0 saturated heterocycles. The summed E-state index contributed by atoms with van der Waals surface area (Å²) in [7, 11) is -4.80. The Hall–Kier alpha value is -5.16. The summed E-state index contributed by atoms with van der Waals surface area (Å²) in [6.45, 7) is 1.62. The molecule has 2 N–H and O–H groups in total. The first-order valence-corrected chi connectivity index (χ1v) is 16.3. The number of aliphatic hydroxyl groups excluding tert-OH is 1. The zero-order valence-electron chi connectivity index (χ0n) is 26.2. The van der Waals surface area contributed by atoms with E-state index in [1.54, 1.807) is 30.3 Å². The first-order valence-electron chi connectivity index (χ1n) is 14.9. The molecule has 4 heterocycles. The number of nitrogens with one attached hydrogen (secondary N) is 1. The zero-order valence-corrected chi connectivity index (χ0v) is 27.0. The normalized spacial score (nSPS) is 17.2. The van der Waals surface area contributed by atoms with Crippen LogP contribution in [0.1, 0.15) is 31.4 Å². The molecule has 0 saturated carbocycles. The van der Waals surface area contributed by atoms with Gasteiger partial charge in [-0.15, -0.1) is 13.2 Å². The number of pyridine rings is 2. The van der Waals surface area contributed by atoms with E-state index in [-0.39, 0.29) is 43.6 Å². The SMILES string of the molecule is CC1=CC(c2c(-c3ccccc3)cn(CCO)c(=O)c2C(F)(F)F)=CCC1(C)S(=O)(=O)n1c(-c2cnn(C(F)(F)F)c2)cc2cc[nH]c(=O)c21. The number of aliphatic hydroxyl groups is 1. The summed E-state index contributed by atoms with van der Waals surface area (Å²) in [5.41, 5.74) is -4.99. The van der Waals surface area contributed by atoms with Crippen LogP contribution < -0.4 is 11.1 Å². The fourth-order valence-corrected chi connectivity index (χ4v) is 8.12. The van der Waals surface area contributed by atoms with Crippen LogP contribution in [0, 0.1) is 0 Å². The second-order valence-electron chi connectivity index (χ2n) is 11.9. The van der Waals surface area contributed by atoms with Crippen molar-refractivity contribution >= 4 is 26.5 Å². The van der Waals surface area contributed by atoms with Crippen molar-refractivity contribution in [2.24, 2.45) is 0 Å². The molecule has 1 atom stereocenters. The molecule has 0 spiro atoms. The lowest BCUT2D eigenvalue weighted by Crippen LogP contribution is -2.42. The Balaban J connectivity index is 1.56. The van der Waals surface area contributed by atoms with E-state index in [9.17, 15) is 49.5 Å². The molecule has 6 rings (SSSR count). The van der Waals surface area contributed by atoms with E-state index in [2.05, 4.69) is 10.1 Å². The Labute approximate surface area is 279 Å². The van der Waals surface area contributed by atoms with Gasteiger partial charge >= 0.3 is 12.5 Å². The van der Waals surface area contributed by atoms with Gasteiger partial charge in [-0.2, -0.15) is 23.0 Å². The highest BCUT2D eigenvalue weighted by atomic mass is 32.2. The quantitative estimate of drug-likeness (QED) is 0.202. The molecule has 1 aromatic carbocycles. The number of aromatic amines is 1. The van der Waals surface area contributed by atoms with Gasteiger partial charge in [0.25, 0.3) is 11.1 Å². The fraction of sp³-hybridized carbons (Fsp3) is 0.242. The lowest BCUT2D eigenvalue weighted by atomic mass is 9.83. The van der Waals surface area contributed by atoms with Crippen molar-refractivity contribution in [1.29, 1.82) is 0 Å². The lowest BCUT2D eigenvalue weighted by Gasteiger charge is -2.34. The third-order valence-electron chi connectivity index (χ3n) is 8.82. The molecule has 17 heteroatoms. The number of rotatable bonds is 7. The summed E-state index contributed by atoms with van der Waals surface area (Å²) < 4.78 is 113. The summed E-state index contributed by atoms with van der Waals surface area (Å²) in [4.78, 5) is 28.7. The number of H-pyrrole nitrogens is 1. The van der Waals surface area contributed by atoms with E-state index in [0.717, 1.165) is 10.8 Å². The van der Waals surface area contributed by atoms with Gasteiger partial charge in [0, 0.05) is 47.2 Å². The maximum absolute atomic E-state index is 14.7. The number of halogens is 6. The molecule has 50 heavy (non-hydrogen) atoms. The van der Waals surface area contributed by atoms with Crippen LogP contribution in [0.15, 0.2) is 94.6 Å². The van der Waals surface area contributed by atoms with Gasteiger partial charge in [0.05, 0.1) is 18.5 Å². The van der Waals surface area contributed by atoms with Gasteiger partial charge in [-0.25, -0.2) is 12.4 Å². The molecule has 0 amide bonds. The van der Waals surface area contributed by atoms with Crippen LogP contribution in [-0.4, -0.2) is 48.2 Å². The fourth-order valence-electron chi connectivity index (χ4n) is 6.11. The molecule has 5 aromatic rings. The average Bonchev–Trinajstić information content (AvgIpc) is 3.70. The molecule has 1 aliphatic carbocycles. The number of nitrogens with zero attached hydrogens (tertiary/aromatic N) is 4. The highest BCUT2D eigenvalue weighted by Gasteiger charge is 2.46. The second kappa shape index (κ2) is 12.0. The van der Waals surface area contributed by atoms with E-state index < -0.39 is 69.1 Å². The molecule has 1 unspecified atom stereocenters. The summed E-state index contributed by atoms with van der Waals surface area (Å²) in [6.07, 6.45) is -4.26. The Morgan fingerprint density at radius 2 is 1.72 bits per heavy atom. The minimum absolute atomic E-state index is 0.000337. The molecule has 0 aliphatic heterocycles. The van der Waals surface area contributed by atoms with Gasteiger partial charge in [0.2, 0.25) is 10.0 Å². The van der Waals surface area contributed by atoms with E-state index in [1.165, 1.54) is 50.5 Å². The van der Waals surface area contributed by atoms with Gasteiger partial charge < -0.3 is 14.7 Å². The van der Waals surface area contributed by atoms with E-state index >= 15 is 0 Å². The number of aromatic nitrogens is 5. The lowest BCUT2D eigenvalue weighted by molar-refractivity contribution is -0.212. The number of alkyl halides is 6. The van der Waals surface area contributed by atoms with Crippen LogP contribution >= 0.6 is 0 Å². The van der Waals surface area contributed by atoms with Crippen molar-refractivity contribution in [1.82, 2.24) is 23.3 Å². The van der Waals surface area contributed by atoms with Crippen molar-refractivity contribution < 1.29 is 39.9 Å². The average molecular weight is 720 g/mol. The van der Waals surface area contributed by atoms with Crippen LogP contribution in [-0.2, 0) is 29.0 Å². The van der Waals surface area contributed by atoms with E-state index in [1.807, 2.05) is 0 Å². The van der Waals surface area contributed by atoms with E-state index in [4.69, 9.17) is 0 Å². The summed E-state index contributed by atoms with van der Waals surface area (Å²) in [6, 6.07) is 10.5. The van der Waals surface area contributed by atoms with Crippen molar-refractivity contribution in [3.05, 3.63) is 117 Å². The largest absolute Gasteiger partial charge is 0.504 e. The van der Waals surface area contributed by atoms with Gasteiger partial charge in [-0.05, 0) is 49.1 Å². The first kappa shape index (κ1) is 34.7. The Bertz CT molecular complexity index is 2440. The molecular weight excluding hydrogens is 692 g/mol. The van der Waals surface area contributed by atoms with Crippen LogP contribution in [0.2, 0.25) is 0 Å².